The van der Waals surface area contributed by atoms with Gasteiger partial charge in [-0.05, 0) is 44.8 Å². The molecule has 1 nitrogen and oxygen atoms in total. The zero-order valence-electron chi connectivity index (χ0n) is 31.2. The molecule has 0 saturated carbocycles. The van der Waals surface area contributed by atoms with Crippen molar-refractivity contribution in [1.29, 1.82) is 0 Å². The van der Waals surface area contributed by atoms with E-state index in [-0.39, 0.29) is 0 Å². The van der Waals surface area contributed by atoms with Crippen LogP contribution in [0, 0.1) is 5.92 Å². The third-order valence-corrected chi connectivity index (χ3v) is 9.91. The lowest BCUT2D eigenvalue weighted by molar-refractivity contribution is 0.254. The van der Waals surface area contributed by atoms with Gasteiger partial charge in [0, 0.05) is 0 Å². The zero-order valence-corrected chi connectivity index (χ0v) is 31.2. The Morgan fingerprint density at radius 3 is 0.721 bits per heavy atom. The summed E-state index contributed by atoms with van der Waals surface area (Å²) in [6.07, 6.45) is 49.6. The van der Waals surface area contributed by atoms with Crippen LogP contribution in [0.2, 0.25) is 0 Å². The molecular formula is C42H87N. The molecule has 0 aromatic heterocycles. The molecule has 0 aromatic rings. The van der Waals surface area contributed by atoms with E-state index in [1.54, 1.807) is 0 Å². The number of rotatable bonds is 38. The number of hydrogen-bond acceptors (Lipinski definition) is 1. The van der Waals surface area contributed by atoms with Crippen molar-refractivity contribution in [3.63, 3.8) is 0 Å². The molecule has 43 heavy (non-hydrogen) atoms. The van der Waals surface area contributed by atoms with E-state index < -0.39 is 0 Å². The minimum absolute atomic E-state index is 0.885. The van der Waals surface area contributed by atoms with Crippen LogP contribution in [-0.4, -0.2) is 24.5 Å². The molecule has 0 atom stereocenters. The Bertz CT molecular complexity index is 442. The lowest BCUT2D eigenvalue weighted by Gasteiger charge is -2.22. The van der Waals surface area contributed by atoms with Gasteiger partial charge >= 0.3 is 0 Å². The van der Waals surface area contributed by atoms with E-state index in [9.17, 15) is 0 Å². The van der Waals surface area contributed by atoms with Crippen LogP contribution in [0.15, 0.2) is 0 Å². The molecule has 260 valence electrons. The quantitative estimate of drug-likeness (QED) is 0.0633. The van der Waals surface area contributed by atoms with E-state index in [1.165, 1.54) is 238 Å². The van der Waals surface area contributed by atoms with E-state index in [2.05, 4.69) is 32.6 Å². The summed E-state index contributed by atoms with van der Waals surface area (Å²) in [5.74, 6) is 0.885. The molecule has 0 aliphatic rings. The van der Waals surface area contributed by atoms with Gasteiger partial charge in [-0.2, -0.15) is 0 Å². The Morgan fingerprint density at radius 1 is 0.279 bits per heavy atom. The predicted octanol–water partition coefficient (Wildman–Crippen LogP) is 15.2. The van der Waals surface area contributed by atoms with Crippen molar-refractivity contribution in [1.82, 2.24) is 4.90 Å². The van der Waals surface area contributed by atoms with Gasteiger partial charge in [-0.15, -0.1) is 0 Å². The molecule has 0 saturated heterocycles. The van der Waals surface area contributed by atoms with Crippen molar-refractivity contribution in [3.8, 4) is 0 Å². The van der Waals surface area contributed by atoms with Crippen LogP contribution in [0.4, 0.5) is 0 Å². The average Bonchev–Trinajstić information content (AvgIpc) is 3.00. The second-order valence-electron chi connectivity index (χ2n) is 15.0. The molecule has 0 amide bonds. The van der Waals surface area contributed by atoms with Crippen LogP contribution in [0.1, 0.15) is 246 Å². The summed E-state index contributed by atoms with van der Waals surface area (Å²) in [6.45, 7) is 13.5. The molecule has 0 fully saturated rings. The SMILES string of the molecule is CCCCCCCCCCCCCCCN(CCCCCCCCCCCCCCC)CCCCCCCCCC(C)C. The van der Waals surface area contributed by atoms with Gasteiger partial charge in [-0.3, -0.25) is 0 Å². The summed E-state index contributed by atoms with van der Waals surface area (Å²) in [7, 11) is 0. The maximum Gasteiger partial charge on any atom is -0.00187 e. The van der Waals surface area contributed by atoms with Crippen LogP contribution in [0.3, 0.4) is 0 Å². The molecule has 0 radical (unpaired) electrons. The van der Waals surface area contributed by atoms with E-state index in [4.69, 9.17) is 0 Å². The van der Waals surface area contributed by atoms with Crippen molar-refractivity contribution >= 4 is 0 Å². The van der Waals surface area contributed by atoms with Crippen LogP contribution in [-0.2, 0) is 0 Å². The van der Waals surface area contributed by atoms with Gasteiger partial charge < -0.3 is 4.90 Å². The Hall–Kier alpha value is -0.0400. The van der Waals surface area contributed by atoms with Crippen LogP contribution in [0.25, 0.3) is 0 Å². The molecule has 0 bridgehead atoms. The highest BCUT2D eigenvalue weighted by molar-refractivity contribution is 4.61. The normalized spacial score (nSPS) is 11.9. The number of nitrogens with zero attached hydrogens (tertiary/aromatic N) is 1. The van der Waals surface area contributed by atoms with Gasteiger partial charge in [0.1, 0.15) is 0 Å². The first-order chi connectivity index (χ1) is 21.2. The lowest BCUT2D eigenvalue weighted by atomic mass is 10.0. The molecule has 0 heterocycles. The highest BCUT2D eigenvalue weighted by Gasteiger charge is 2.05. The third-order valence-electron chi connectivity index (χ3n) is 9.91. The van der Waals surface area contributed by atoms with Crippen molar-refractivity contribution in [2.24, 2.45) is 5.92 Å². The fourth-order valence-corrected chi connectivity index (χ4v) is 6.81. The minimum Gasteiger partial charge on any atom is -0.303 e. The van der Waals surface area contributed by atoms with E-state index in [0.717, 1.165) is 5.92 Å². The van der Waals surface area contributed by atoms with Crippen molar-refractivity contribution < 1.29 is 0 Å². The fourth-order valence-electron chi connectivity index (χ4n) is 6.81. The topological polar surface area (TPSA) is 3.24 Å². The highest BCUT2D eigenvalue weighted by Crippen LogP contribution is 2.16. The first-order valence-corrected chi connectivity index (χ1v) is 20.9. The van der Waals surface area contributed by atoms with E-state index in [0.29, 0.717) is 0 Å². The summed E-state index contributed by atoms with van der Waals surface area (Å²) in [5, 5.41) is 0. The summed E-state index contributed by atoms with van der Waals surface area (Å²) >= 11 is 0. The molecule has 0 aliphatic heterocycles. The zero-order chi connectivity index (χ0) is 31.3. The molecular weight excluding hydrogens is 518 g/mol. The molecule has 0 spiro atoms. The van der Waals surface area contributed by atoms with Crippen LogP contribution < -0.4 is 0 Å². The Morgan fingerprint density at radius 2 is 0.488 bits per heavy atom. The maximum atomic E-state index is 2.86. The molecule has 0 aromatic carbocycles. The largest absolute Gasteiger partial charge is 0.303 e. The molecule has 0 N–H and O–H groups in total. The molecule has 0 aliphatic carbocycles. The molecule has 0 unspecified atom stereocenters. The smallest absolute Gasteiger partial charge is 0.00187 e. The van der Waals surface area contributed by atoms with Gasteiger partial charge in [0.25, 0.3) is 0 Å². The fraction of sp³-hybridized carbons (Fsp3) is 1.00. The molecule has 0 rings (SSSR count). The third kappa shape index (κ3) is 38.1. The van der Waals surface area contributed by atoms with Crippen molar-refractivity contribution in [2.45, 2.75) is 246 Å². The van der Waals surface area contributed by atoms with E-state index >= 15 is 0 Å². The monoisotopic (exact) mass is 606 g/mol. The number of hydrogen-bond donors (Lipinski definition) is 0. The summed E-state index contributed by atoms with van der Waals surface area (Å²) in [6, 6.07) is 0. The first-order valence-electron chi connectivity index (χ1n) is 20.9. The van der Waals surface area contributed by atoms with E-state index in [1.807, 2.05) is 0 Å². The van der Waals surface area contributed by atoms with Gasteiger partial charge in [0.05, 0.1) is 0 Å². The number of unbranched alkanes of at least 4 members (excludes halogenated alkanes) is 30. The van der Waals surface area contributed by atoms with Gasteiger partial charge in [0.15, 0.2) is 0 Å². The second-order valence-corrected chi connectivity index (χ2v) is 15.0. The van der Waals surface area contributed by atoms with Gasteiger partial charge in [0.2, 0.25) is 0 Å². The summed E-state index contributed by atoms with van der Waals surface area (Å²) in [4.78, 5) is 2.86. The van der Waals surface area contributed by atoms with Crippen LogP contribution >= 0.6 is 0 Å². The average molecular weight is 606 g/mol. The second kappa shape index (κ2) is 38.1. The van der Waals surface area contributed by atoms with Gasteiger partial charge in [-0.25, -0.2) is 0 Å². The standard InChI is InChI=1S/C42H87N/c1-5-7-9-11-13-15-17-19-21-23-27-31-35-39-43(41-37-33-29-25-26-30-34-38-42(3)4)40-36-32-28-24-22-20-18-16-14-12-10-8-6-2/h42H,5-41H2,1-4H3. The predicted molar refractivity (Wildman–Crippen MR) is 200 cm³/mol. The molecule has 1 heteroatoms. The first kappa shape index (κ1) is 43.0. The van der Waals surface area contributed by atoms with Crippen molar-refractivity contribution in [3.05, 3.63) is 0 Å². The lowest BCUT2D eigenvalue weighted by Crippen LogP contribution is -2.27. The Labute approximate surface area is 275 Å². The Kier molecular flexibility index (Phi) is 38.1. The van der Waals surface area contributed by atoms with Crippen molar-refractivity contribution in [2.75, 3.05) is 19.6 Å². The Balaban J connectivity index is 3.90. The van der Waals surface area contributed by atoms with Crippen LogP contribution in [0.5, 0.6) is 0 Å². The minimum atomic E-state index is 0.885. The van der Waals surface area contributed by atoms with Gasteiger partial charge in [-0.1, -0.05) is 227 Å². The maximum absolute atomic E-state index is 2.86. The summed E-state index contributed by atoms with van der Waals surface area (Å²) < 4.78 is 0. The summed E-state index contributed by atoms with van der Waals surface area (Å²) in [5.41, 5.74) is 0. The highest BCUT2D eigenvalue weighted by atomic mass is 15.1.